The maximum atomic E-state index is 12.9. The van der Waals surface area contributed by atoms with Crippen molar-refractivity contribution in [3.63, 3.8) is 0 Å². The third-order valence-electron chi connectivity index (χ3n) is 4.35. The third-order valence-corrected chi connectivity index (χ3v) is 5.15. The molecule has 1 aromatic rings. The Morgan fingerprint density at radius 1 is 1.37 bits per heavy atom. The molecule has 0 aromatic heterocycles. The summed E-state index contributed by atoms with van der Waals surface area (Å²) in [4.78, 5) is 16.1. The molecule has 1 N–H and O–H groups in total. The Labute approximate surface area is 118 Å². The molecule has 4 heteroatoms. The molecule has 3 rings (SSSR count). The Bertz CT molecular complexity index is 491. The van der Waals surface area contributed by atoms with Gasteiger partial charge in [0, 0.05) is 30.1 Å². The van der Waals surface area contributed by atoms with E-state index in [9.17, 15) is 4.79 Å². The lowest BCUT2D eigenvalue weighted by Crippen LogP contribution is -2.42. The lowest BCUT2D eigenvalue weighted by Gasteiger charge is -2.28. The molecule has 2 aliphatic rings. The number of carbonyl (C=O) groups is 1. The van der Waals surface area contributed by atoms with Crippen LogP contribution in [0.15, 0.2) is 29.2 Å². The van der Waals surface area contributed by atoms with Gasteiger partial charge in [-0.2, -0.15) is 0 Å². The van der Waals surface area contributed by atoms with Gasteiger partial charge < -0.3 is 10.2 Å². The zero-order valence-corrected chi connectivity index (χ0v) is 12.2. The molecule has 3 unspecified atom stereocenters. The largest absolute Gasteiger partial charge is 0.331 e. The van der Waals surface area contributed by atoms with E-state index in [1.807, 2.05) is 30.5 Å². The summed E-state index contributed by atoms with van der Waals surface area (Å²) in [5.74, 6) is 0.842. The second-order valence-electron chi connectivity index (χ2n) is 5.48. The minimum Gasteiger partial charge on any atom is -0.331 e. The highest BCUT2D eigenvalue weighted by Gasteiger charge is 2.44. The fourth-order valence-corrected chi connectivity index (χ4v) is 4.06. The summed E-state index contributed by atoms with van der Waals surface area (Å²) in [5.41, 5.74) is 0.856. The van der Waals surface area contributed by atoms with Crippen LogP contribution in [-0.2, 0) is 0 Å². The number of nitrogens with one attached hydrogen (secondary N) is 1. The predicted molar refractivity (Wildman–Crippen MR) is 78.6 cm³/mol. The maximum absolute atomic E-state index is 12.9. The summed E-state index contributed by atoms with van der Waals surface area (Å²) in [6.45, 7) is 4.18. The number of amides is 1. The van der Waals surface area contributed by atoms with Crippen LogP contribution in [0.4, 0.5) is 0 Å². The highest BCUT2D eigenvalue weighted by atomic mass is 32.2. The fraction of sp³-hybridized carbons (Fsp3) is 0.533. The molecule has 2 fully saturated rings. The van der Waals surface area contributed by atoms with E-state index in [0.29, 0.717) is 18.0 Å². The second kappa shape index (κ2) is 5.17. The van der Waals surface area contributed by atoms with Crippen molar-refractivity contribution < 1.29 is 4.79 Å². The summed E-state index contributed by atoms with van der Waals surface area (Å²) >= 11 is 1.65. The molecule has 3 atom stereocenters. The van der Waals surface area contributed by atoms with Crippen molar-refractivity contribution in [1.29, 1.82) is 0 Å². The van der Waals surface area contributed by atoms with Crippen molar-refractivity contribution in [2.45, 2.75) is 30.3 Å². The van der Waals surface area contributed by atoms with Gasteiger partial charge >= 0.3 is 0 Å². The first-order valence-corrected chi connectivity index (χ1v) is 8.11. The molecule has 2 heterocycles. The number of carbonyl (C=O) groups excluding carboxylic acids is 1. The maximum Gasteiger partial charge on any atom is 0.255 e. The minimum absolute atomic E-state index is 0.202. The first kappa shape index (κ1) is 13.0. The highest BCUT2D eigenvalue weighted by Crippen LogP contribution is 2.34. The number of hydrogen-bond donors (Lipinski definition) is 1. The molecular weight excluding hydrogens is 256 g/mol. The van der Waals surface area contributed by atoms with Crippen LogP contribution in [0.5, 0.6) is 0 Å². The van der Waals surface area contributed by atoms with Crippen LogP contribution in [0.25, 0.3) is 0 Å². The topological polar surface area (TPSA) is 32.3 Å². The lowest BCUT2D eigenvalue weighted by molar-refractivity contribution is 0.0678. The normalized spacial score (nSPS) is 29.6. The number of hydrogen-bond acceptors (Lipinski definition) is 3. The van der Waals surface area contributed by atoms with Gasteiger partial charge in [-0.05, 0) is 37.7 Å². The highest BCUT2D eigenvalue weighted by molar-refractivity contribution is 7.98. The van der Waals surface area contributed by atoms with Crippen LogP contribution in [0.1, 0.15) is 23.7 Å². The summed E-state index contributed by atoms with van der Waals surface area (Å²) in [6.07, 6.45) is 3.16. The second-order valence-corrected chi connectivity index (χ2v) is 6.33. The summed E-state index contributed by atoms with van der Waals surface area (Å²) in [6, 6.07) is 8.69. The Hall–Kier alpha value is -1.00. The van der Waals surface area contributed by atoms with Crippen molar-refractivity contribution in [3.8, 4) is 0 Å². The molecule has 2 aliphatic heterocycles. The van der Waals surface area contributed by atoms with Gasteiger partial charge in [0.05, 0.1) is 5.56 Å². The van der Waals surface area contributed by atoms with Gasteiger partial charge in [0.15, 0.2) is 0 Å². The van der Waals surface area contributed by atoms with Crippen molar-refractivity contribution in [1.82, 2.24) is 10.2 Å². The lowest BCUT2D eigenvalue weighted by atomic mass is 10.0. The first-order chi connectivity index (χ1) is 9.22. The van der Waals surface area contributed by atoms with Crippen molar-refractivity contribution in [2.75, 3.05) is 19.3 Å². The smallest absolute Gasteiger partial charge is 0.255 e. The van der Waals surface area contributed by atoms with Gasteiger partial charge in [0.2, 0.25) is 0 Å². The number of fused-ring (bicyclic) bond motifs is 1. The number of nitrogens with zero attached hydrogens (tertiary/aromatic N) is 1. The zero-order valence-electron chi connectivity index (χ0n) is 11.4. The van der Waals surface area contributed by atoms with Crippen LogP contribution in [0.3, 0.4) is 0 Å². The van der Waals surface area contributed by atoms with E-state index in [1.165, 1.54) is 0 Å². The van der Waals surface area contributed by atoms with Crippen LogP contribution in [-0.4, -0.2) is 42.2 Å². The Kier molecular flexibility index (Phi) is 3.54. The average Bonchev–Trinajstić information content (AvgIpc) is 2.97. The summed E-state index contributed by atoms with van der Waals surface area (Å²) in [5, 5.41) is 3.41. The molecule has 3 nitrogen and oxygen atoms in total. The number of rotatable bonds is 2. The van der Waals surface area contributed by atoms with E-state index >= 15 is 0 Å². The number of thioether (sulfide) groups is 1. The van der Waals surface area contributed by atoms with Gasteiger partial charge in [-0.15, -0.1) is 11.8 Å². The molecule has 19 heavy (non-hydrogen) atoms. The molecule has 2 saturated heterocycles. The molecule has 102 valence electrons. The van der Waals surface area contributed by atoms with E-state index < -0.39 is 0 Å². The molecule has 0 spiro atoms. The van der Waals surface area contributed by atoms with Crippen molar-refractivity contribution in [2.24, 2.45) is 5.92 Å². The van der Waals surface area contributed by atoms with Crippen LogP contribution in [0.2, 0.25) is 0 Å². The van der Waals surface area contributed by atoms with Crippen LogP contribution >= 0.6 is 11.8 Å². The van der Waals surface area contributed by atoms with Crippen LogP contribution < -0.4 is 5.32 Å². The molecule has 1 aromatic carbocycles. The van der Waals surface area contributed by atoms with Gasteiger partial charge in [-0.3, -0.25) is 4.79 Å². The molecule has 0 saturated carbocycles. The van der Waals surface area contributed by atoms with Gasteiger partial charge in [-0.25, -0.2) is 0 Å². The third kappa shape index (κ3) is 2.17. The zero-order chi connectivity index (χ0) is 13.4. The first-order valence-electron chi connectivity index (χ1n) is 6.88. The minimum atomic E-state index is 0.202. The molecule has 0 radical (unpaired) electrons. The molecule has 0 aliphatic carbocycles. The van der Waals surface area contributed by atoms with E-state index in [1.54, 1.807) is 11.8 Å². The number of likely N-dealkylation sites (tertiary alicyclic amines) is 1. The van der Waals surface area contributed by atoms with Crippen LogP contribution in [0, 0.1) is 5.92 Å². The van der Waals surface area contributed by atoms with E-state index in [4.69, 9.17) is 0 Å². The van der Waals surface area contributed by atoms with E-state index in [2.05, 4.69) is 17.1 Å². The van der Waals surface area contributed by atoms with Crippen molar-refractivity contribution in [3.05, 3.63) is 29.8 Å². The standard InChI is InChI=1S/C15H20N2OS/c1-10-7-11-8-16-9-13(11)17(10)15(18)12-5-3-4-6-14(12)19-2/h3-6,10-11,13,16H,7-9H2,1-2H3. The van der Waals surface area contributed by atoms with Gasteiger partial charge in [0.1, 0.15) is 0 Å². The Morgan fingerprint density at radius 3 is 2.95 bits per heavy atom. The monoisotopic (exact) mass is 276 g/mol. The van der Waals surface area contributed by atoms with Crippen molar-refractivity contribution >= 4 is 17.7 Å². The fourth-order valence-electron chi connectivity index (χ4n) is 3.47. The van der Waals surface area contributed by atoms with E-state index in [-0.39, 0.29) is 5.91 Å². The van der Waals surface area contributed by atoms with Gasteiger partial charge in [-0.1, -0.05) is 12.1 Å². The predicted octanol–water partition coefficient (Wildman–Crippen LogP) is 2.23. The van der Waals surface area contributed by atoms with Gasteiger partial charge in [0.25, 0.3) is 5.91 Å². The average molecular weight is 276 g/mol. The molecule has 0 bridgehead atoms. The molecule has 1 amide bonds. The Balaban J connectivity index is 1.91. The Morgan fingerprint density at radius 2 is 2.16 bits per heavy atom. The summed E-state index contributed by atoms with van der Waals surface area (Å²) in [7, 11) is 0. The summed E-state index contributed by atoms with van der Waals surface area (Å²) < 4.78 is 0. The quantitative estimate of drug-likeness (QED) is 0.841. The van der Waals surface area contributed by atoms with E-state index in [0.717, 1.165) is 30.0 Å². The SMILES string of the molecule is CSc1ccccc1C(=O)N1C(C)CC2CNCC21. The molecular formula is C15H20N2OS. The number of benzene rings is 1.